The lowest BCUT2D eigenvalue weighted by atomic mass is 10.0. The van der Waals surface area contributed by atoms with E-state index in [-0.39, 0.29) is 5.92 Å². The van der Waals surface area contributed by atoms with Crippen LogP contribution in [0.25, 0.3) is 5.69 Å². The van der Waals surface area contributed by atoms with E-state index < -0.39 is 12.0 Å². The number of nitrogens with zero attached hydrogens (tertiary/aromatic N) is 2. The van der Waals surface area contributed by atoms with E-state index in [1.54, 1.807) is 12.5 Å². The summed E-state index contributed by atoms with van der Waals surface area (Å²) in [7, 11) is 0. The van der Waals surface area contributed by atoms with Gasteiger partial charge in [-0.25, -0.2) is 4.98 Å². The number of carbonyl (C=O) groups is 1. The number of benzene rings is 1. The van der Waals surface area contributed by atoms with Gasteiger partial charge in [0.05, 0.1) is 6.33 Å². The van der Waals surface area contributed by atoms with E-state index >= 15 is 0 Å². The van der Waals surface area contributed by atoms with Gasteiger partial charge < -0.3 is 15.0 Å². The van der Waals surface area contributed by atoms with Crippen LogP contribution in [0.5, 0.6) is 0 Å². The van der Waals surface area contributed by atoms with Gasteiger partial charge in [-0.2, -0.15) is 0 Å². The maximum atomic E-state index is 11.1. The first-order valence-corrected chi connectivity index (χ1v) is 6.61. The van der Waals surface area contributed by atoms with Gasteiger partial charge in [-0.3, -0.25) is 4.79 Å². The van der Waals surface area contributed by atoms with Crippen LogP contribution < -0.4 is 5.32 Å². The summed E-state index contributed by atoms with van der Waals surface area (Å²) in [6.07, 6.45) is 5.36. The van der Waals surface area contributed by atoms with E-state index in [1.807, 2.05) is 48.9 Å². The fraction of sp³-hybridized carbons (Fsp3) is 0.333. The molecule has 0 amide bonds. The Morgan fingerprint density at radius 3 is 2.55 bits per heavy atom. The highest BCUT2D eigenvalue weighted by atomic mass is 16.4. The Balaban J connectivity index is 1.99. The van der Waals surface area contributed by atoms with Crippen molar-refractivity contribution in [2.24, 2.45) is 5.92 Å². The van der Waals surface area contributed by atoms with Gasteiger partial charge in [0, 0.05) is 24.6 Å². The van der Waals surface area contributed by atoms with Gasteiger partial charge in [0.25, 0.3) is 0 Å². The van der Waals surface area contributed by atoms with Crippen molar-refractivity contribution in [3.63, 3.8) is 0 Å². The quantitative estimate of drug-likeness (QED) is 0.845. The molecular weight excluding hydrogens is 254 g/mol. The molecule has 0 saturated carbocycles. The predicted octanol–water partition coefficient (Wildman–Crippen LogP) is 2.07. The summed E-state index contributed by atoms with van der Waals surface area (Å²) in [5.41, 5.74) is 2.09. The molecule has 2 rings (SSSR count). The topological polar surface area (TPSA) is 67.2 Å². The van der Waals surface area contributed by atoms with Crippen molar-refractivity contribution >= 4 is 5.97 Å². The fourth-order valence-electron chi connectivity index (χ4n) is 2.03. The Labute approximate surface area is 118 Å². The minimum Gasteiger partial charge on any atom is -0.480 e. The molecule has 0 fully saturated rings. The molecule has 0 aliphatic heterocycles. The van der Waals surface area contributed by atoms with Gasteiger partial charge in [0.2, 0.25) is 0 Å². The highest BCUT2D eigenvalue weighted by molar-refractivity contribution is 5.73. The third-order valence-corrected chi connectivity index (χ3v) is 3.20. The van der Waals surface area contributed by atoms with E-state index in [4.69, 9.17) is 5.11 Å². The molecule has 2 aromatic rings. The van der Waals surface area contributed by atoms with Gasteiger partial charge >= 0.3 is 5.97 Å². The summed E-state index contributed by atoms with van der Waals surface area (Å²) in [4.78, 5) is 15.1. The standard InChI is InChI=1S/C15H19N3O2/c1-11(2)14(15(19)20)17-9-12-3-5-13(6-4-12)18-8-7-16-10-18/h3-8,10-11,14,17H,9H2,1-2H3,(H,19,20). The average Bonchev–Trinajstić information content (AvgIpc) is 2.92. The predicted molar refractivity (Wildman–Crippen MR) is 76.7 cm³/mol. The lowest BCUT2D eigenvalue weighted by Crippen LogP contribution is -2.40. The van der Waals surface area contributed by atoms with Crippen molar-refractivity contribution in [3.05, 3.63) is 48.5 Å². The molecule has 0 aliphatic rings. The summed E-state index contributed by atoms with van der Waals surface area (Å²) < 4.78 is 1.92. The molecule has 1 atom stereocenters. The second kappa shape index (κ2) is 6.34. The SMILES string of the molecule is CC(C)C(NCc1ccc(-n2ccnc2)cc1)C(=O)O. The zero-order valence-electron chi connectivity index (χ0n) is 11.7. The molecule has 20 heavy (non-hydrogen) atoms. The average molecular weight is 273 g/mol. The summed E-state index contributed by atoms with van der Waals surface area (Å²) in [5.74, 6) is -0.757. The normalized spacial score (nSPS) is 12.6. The first kappa shape index (κ1) is 14.3. The molecule has 1 aromatic heterocycles. The van der Waals surface area contributed by atoms with Gasteiger partial charge in [-0.15, -0.1) is 0 Å². The Bertz CT molecular complexity index is 547. The number of rotatable bonds is 6. The number of aromatic nitrogens is 2. The molecule has 2 N–H and O–H groups in total. The van der Waals surface area contributed by atoms with Crippen molar-refractivity contribution < 1.29 is 9.90 Å². The number of carboxylic acids is 1. The summed E-state index contributed by atoms with van der Waals surface area (Å²) in [6.45, 7) is 4.33. The smallest absolute Gasteiger partial charge is 0.320 e. The van der Waals surface area contributed by atoms with Gasteiger partial charge in [-0.05, 0) is 23.6 Å². The minimum atomic E-state index is -0.810. The largest absolute Gasteiger partial charge is 0.480 e. The van der Waals surface area contributed by atoms with Crippen LogP contribution in [0.2, 0.25) is 0 Å². The van der Waals surface area contributed by atoms with Crippen LogP contribution in [-0.2, 0) is 11.3 Å². The molecular formula is C15H19N3O2. The van der Waals surface area contributed by atoms with E-state index in [2.05, 4.69) is 10.3 Å². The van der Waals surface area contributed by atoms with Crippen molar-refractivity contribution in [1.29, 1.82) is 0 Å². The zero-order chi connectivity index (χ0) is 14.5. The van der Waals surface area contributed by atoms with Crippen LogP contribution in [0.15, 0.2) is 43.0 Å². The van der Waals surface area contributed by atoms with Crippen molar-refractivity contribution in [3.8, 4) is 5.69 Å². The number of hydrogen-bond donors (Lipinski definition) is 2. The van der Waals surface area contributed by atoms with Crippen LogP contribution in [-0.4, -0.2) is 26.7 Å². The molecule has 0 aliphatic carbocycles. The highest BCUT2D eigenvalue weighted by Gasteiger charge is 2.20. The molecule has 1 aromatic carbocycles. The Hall–Kier alpha value is -2.14. The van der Waals surface area contributed by atoms with Crippen LogP contribution in [0.4, 0.5) is 0 Å². The first-order valence-electron chi connectivity index (χ1n) is 6.61. The lowest BCUT2D eigenvalue weighted by Gasteiger charge is -2.18. The molecule has 1 heterocycles. The van der Waals surface area contributed by atoms with E-state index in [1.165, 1.54) is 0 Å². The first-order chi connectivity index (χ1) is 9.58. The summed E-state index contributed by atoms with van der Waals surface area (Å²) >= 11 is 0. The van der Waals surface area contributed by atoms with Gasteiger partial charge in [0.15, 0.2) is 0 Å². The van der Waals surface area contributed by atoms with E-state index in [9.17, 15) is 4.79 Å². The van der Waals surface area contributed by atoms with E-state index in [0.29, 0.717) is 6.54 Å². The van der Waals surface area contributed by atoms with Gasteiger partial charge in [0.1, 0.15) is 6.04 Å². The maximum absolute atomic E-state index is 11.1. The second-order valence-electron chi connectivity index (χ2n) is 5.08. The molecule has 0 radical (unpaired) electrons. The molecule has 0 spiro atoms. The maximum Gasteiger partial charge on any atom is 0.320 e. The minimum absolute atomic E-state index is 0.0534. The molecule has 1 unspecified atom stereocenters. The molecule has 106 valence electrons. The Morgan fingerprint density at radius 1 is 1.35 bits per heavy atom. The summed E-state index contributed by atoms with van der Waals surface area (Å²) in [5, 5.41) is 12.2. The Morgan fingerprint density at radius 2 is 2.05 bits per heavy atom. The fourth-order valence-corrected chi connectivity index (χ4v) is 2.03. The molecule has 5 nitrogen and oxygen atoms in total. The molecule has 5 heteroatoms. The highest BCUT2D eigenvalue weighted by Crippen LogP contribution is 2.10. The zero-order valence-corrected chi connectivity index (χ0v) is 11.7. The number of nitrogens with one attached hydrogen (secondary N) is 1. The Kier molecular flexibility index (Phi) is 4.53. The van der Waals surface area contributed by atoms with E-state index in [0.717, 1.165) is 11.3 Å². The summed E-state index contributed by atoms with van der Waals surface area (Å²) in [6, 6.07) is 7.43. The monoisotopic (exact) mass is 273 g/mol. The van der Waals surface area contributed by atoms with Crippen molar-refractivity contribution in [1.82, 2.24) is 14.9 Å². The second-order valence-corrected chi connectivity index (χ2v) is 5.08. The number of carboxylic acid groups (broad SMARTS) is 1. The lowest BCUT2D eigenvalue weighted by molar-refractivity contribution is -0.140. The van der Waals surface area contributed by atoms with Crippen LogP contribution in [0.1, 0.15) is 19.4 Å². The number of aliphatic carboxylic acids is 1. The van der Waals surface area contributed by atoms with Crippen molar-refractivity contribution in [2.45, 2.75) is 26.4 Å². The van der Waals surface area contributed by atoms with Crippen LogP contribution >= 0.6 is 0 Å². The third kappa shape index (κ3) is 3.45. The van der Waals surface area contributed by atoms with Crippen LogP contribution in [0.3, 0.4) is 0 Å². The van der Waals surface area contributed by atoms with Gasteiger partial charge in [-0.1, -0.05) is 26.0 Å². The number of hydrogen-bond acceptors (Lipinski definition) is 3. The number of imidazole rings is 1. The van der Waals surface area contributed by atoms with Crippen LogP contribution in [0, 0.1) is 5.92 Å². The molecule has 0 saturated heterocycles. The van der Waals surface area contributed by atoms with Crippen molar-refractivity contribution in [2.75, 3.05) is 0 Å². The molecule has 0 bridgehead atoms. The third-order valence-electron chi connectivity index (χ3n) is 3.20.